The van der Waals surface area contributed by atoms with Crippen molar-refractivity contribution in [3.05, 3.63) is 23.3 Å². The molecule has 0 N–H and O–H groups in total. The third kappa shape index (κ3) is 4.29. The van der Waals surface area contributed by atoms with E-state index < -0.39 is 26.3 Å². The first-order valence-corrected chi connectivity index (χ1v) is 11.2. The van der Waals surface area contributed by atoms with E-state index in [9.17, 15) is 17.8 Å². The molecule has 0 heterocycles. The first-order chi connectivity index (χ1) is 10.8. The molecule has 23 heavy (non-hydrogen) atoms. The zero-order chi connectivity index (χ0) is 17.2. The lowest BCUT2D eigenvalue weighted by molar-refractivity contribution is 0.108. The van der Waals surface area contributed by atoms with Crippen LogP contribution in [0, 0.1) is 0 Å². The van der Waals surface area contributed by atoms with E-state index in [4.69, 9.17) is 11.6 Å². The van der Waals surface area contributed by atoms with Crippen LogP contribution in [0.15, 0.2) is 21.9 Å². The van der Waals surface area contributed by atoms with Crippen molar-refractivity contribution in [2.75, 3.05) is 6.26 Å². The number of carbonyl (C=O) groups is 1. The molecular weight excluding hydrogens is 356 g/mol. The van der Waals surface area contributed by atoms with E-state index in [1.54, 1.807) is 6.07 Å². The molecule has 1 atom stereocenters. The molecular formula is C16H21ClO4S2. The van der Waals surface area contributed by atoms with E-state index in [0.717, 1.165) is 38.4 Å². The van der Waals surface area contributed by atoms with Gasteiger partial charge in [-0.15, -0.1) is 0 Å². The van der Waals surface area contributed by atoms with Crippen LogP contribution < -0.4 is 0 Å². The molecule has 0 spiro atoms. The molecule has 0 saturated heterocycles. The highest BCUT2D eigenvalue weighted by Crippen LogP contribution is 2.34. The zero-order valence-corrected chi connectivity index (χ0v) is 15.7. The number of halogens is 1. The smallest absolute Gasteiger partial charge is 0.252 e. The summed E-state index contributed by atoms with van der Waals surface area (Å²) < 4.78 is 37.2. The molecule has 0 amide bonds. The van der Waals surface area contributed by atoms with Gasteiger partial charge in [-0.25, -0.2) is 8.42 Å². The van der Waals surface area contributed by atoms with E-state index in [1.807, 2.05) is 6.92 Å². The highest BCUT2D eigenvalue weighted by Gasteiger charge is 2.32. The summed E-state index contributed by atoms with van der Waals surface area (Å²) in [5.41, 5.74) is 0.815. The Morgan fingerprint density at radius 1 is 1.30 bits per heavy atom. The summed E-state index contributed by atoms with van der Waals surface area (Å²) in [6.07, 6.45) is 6.44. The SMILES string of the molecule is CCc1cc([S+]([O-])C2CCCCC2)c(S(C)(=O)=O)cc1C(=O)Cl. The lowest BCUT2D eigenvalue weighted by Gasteiger charge is -2.26. The van der Waals surface area contributed by atoms with Gasteiger partial charge in [-0.3, -0.25) is 4.79 Å². The number of benzene rings is 1. The fourth-order valence-electron chi connectivity index (χ4n) is 2.98. The van der Waals surface area contributed by atoms with Crippen molar-refractivity contribution >= 4 is 37.9 Å². The van der Waals surface area contributed by atoms with E-state index in [-0.39, 0.29) is 15.7 Å². The monoisotopic (exact) mass is 376 g/mol. The van der Waals surface area contributed by atoms with Gasteiger partial charge in [-0.05, 0) is 72.6 Å². The van der Waals surface area contributed by atoms with Gasteiger partial charge in [0.05, 0.1) is 0 Å². The van der Waals surface area contributed by atoms with Crippen LogP contribution >= 0.6 is 11.6 Å². The molecule has 0 radical (unpaired) electrons. The predicted molar refractivity (Wildman–Crippen MR) is 92.4 cm³/mol. The molecule has 0 aliphatic heterocycles. The Balaban J connectivity index is 2.58. The van der Waals surface area contributed by atoms with Crippen LogP contribution in [-0.4, -0.2) is 29.7 Å². The second-order valence-electron chi connectivity index (χ2n) is 5.91. The summed E-state index contributed by atoms with van der Waals surface area (Å²) in [6, 6.07) is 2.89. The molecule has 2 rings (SSSR count). The van der Waals surface area contributed by atoms with E-state index in [1.165, 1.54) is 6.07 Å². The molecule has 1 aliphatic rings. The van der Waals surface area contributed by atoms with Crippen LogP contribution in [0.5, 0.6) is 0 Å². The fraction of sp³-hybridized carbons (Fsp3) is 0.562. The molecule has 1 fully saturated rings. The first kappa shape index (κ1) is 18.8. The zero-order valence-electron chi connectivity index (χ0n) is 13.3. The minimum Gasteiger partial charge on any atom is -0.611 e. The number of sulfone groups is 1. The Bertz CT molecular complexity index is 694. The number of hydrogen-bond donors (Lipinski definition) is 0. The van der Waals surface area contributed by atoms with Crippen molar-refractivity contribution in [1.82, 2.24) is 0 Å². The van der Waals surface area contributed by atoms with Crippen molar-refractivity contribution in [1.29, 1.82) is 0 Å². The van der Waals surface area contributed by atoms with Gasteiger partial charge in [-0.2, -0.15) is 0 Å². The Kier molecular flexibility index (Phi) is 6.16. The lowest BCUT2D eigenvalue weighted by Crippen LogP contribution is -2.26. The van der Waals surface area contributed by atoms with Gasteiger partial charge in [0.1, 0.15) is 10.1 Å². The second-order valence-corrected chi connectivity index (χ2v) is 9.94. The van der Waals surface area contributed by atoms with Crippen molar-refractivity contribution in [3.63, 3.8) is 0 Å². The van der Waals surface area contributed by atoms with Gasteiger partial charge in [-0.1, -0.05) is 13.3 Å². The summed E-state index contributed by atoms with van der Waals surface area (Å²) in [6.45, 7) is 1.85. The maximum absolute atomic E-state index is 12.9. The molecule has 0 bridgehead atoms. The van der Waals surface area contributed by atoms with Gasteiger partial charge < -0.3 is 4.55 Å². The highest BCUT2D eigenvalue weighted by molar-refractivity contribution is 7.94. The van der Waals surface area contributed by atoms with Gasteiger partial charge in [0, 0.05) is 11.8 Å². The van der Waals surface area contributed by atoms with Crippen LogP contribution in [0.2, 0.25) is 0 Å². The average Bonchev–Trinajstić information content (AvgIpc) is 2.52. The van der Waals surface area contributed by atoms with Crippen LogP contribution in [0.3, 0.4) is 0 Å². The number of carbonyl (C=O) groups excluding carboxylic acids is 1. The Labute approximate surface area is 145 Å². The molecule has 1 unspecified atom stereocenters. The van der Waals surface area contributed by atoms with E-state index >= 15 is 0 Å². The minimum absolute atomic E-state index is 0.0218. The molecule has 128 valence electrons. The molecule has 0 aromatic heterocycles. The van der Waals surface area contributed by atoms with Crippen molar-refractivity contribution < 1.29 is 17.8 Å². The maximum Gasteiger partial charge on any atom is 0.252 e. The molecule has 1 aliphatic carbocycles. The van der Waals surface area contributed by atoms with Crippen molar-refractivity contribution in [3.8, 4) is 0 Å². The molecule has 1 aromatic carbocycles. The number of rotatable bonds is 5. The summed E-state index contributed by atoms with van der Waals surface area (Å²) >= 11 is 4.19. The summed E-state index contributed by atoms with van der Waals surface area (Å²) in [4.78, 5) is 11.9. The minimum atomic E-state index is -3.60. The topological polar surface area (TPSA) is 74.3 Å². The average molecular weight is 377 g/mol. The summed E-state index contributed by atoms with van der Waals surface area (Å²) in [5.74, 6) is 0. The normalized spacial score (nSPS) is 17.9. The Hall–Kier alpha value is -0.560. The third-order valence-electron chi connectivity index (χ3n) is 4.23. The first-order valence-electron chi connectivity index (χ1n) is 7.73. The fourth-order valence-corrected chi connectivity index (χ4v) is 6.25. The van der Waals surface area contributed by atoms with E-state index in [0.29, 0.717) is 16.9 Å². The largest absolute Gasteiger partial charge is 0.611 e. The third-order valence-corrected chi connectivity index (χ3v) is 7.55. The summed E-state index contributed by atoms with van der Waals surface area (Å²) in [5, 5.41) is -0.715. The highest BCUT2D eigenvalue weighted by atomic mass is 35.5. The van der Waals surface area contributed by atoms with Gasteiger partial charge in [0.25, 0.3) is 5.24 Å². The quantitative estimate of drug-likeness (QED) is 0.582. The van der Waals surface area contributed by atoms with Gasteiger partial charge in [0.2, 0.25) is 0 Å². The van der Waals surface area contributed by atoms with E-state index in [2.05, 4.69) is 0 Å². The summed E-state index contributed by atoms with van der Waals surface area (Å²) in [7, 11) is -3.60. The van der Waals surface area contributed by atoms with Gasteiger partial charge in [0.15, 0.2) is 14.7 Å². The predicted octanol–water partition coefficient (Wildman–Crippen LogP) is 3.47. The van der Waals surface area contributed by atoms with Crippen LogP contribution in [0.1, 0.15) is 54.9 Å². The van der Waals surface area contributed by atoms with Crippen LogP contribution in [0.4, 0.5) is 0 Å². The number of hydrogen-bond acceptors (Lipinski definition) is 4. The van der Waals surface area contributed by atoms with Crippen molar-refractivity contribution in [2.45, 2.75) is 60.5 Å². The van der Waals surface area contributed by atoms with Gasteiger partial charge >= 0.3 is 0 Å². The standard InChI is InChI=1S/C16H21ClO4S2/c1-3-11-9-14(22(19)12-7-5-4-6-8-12)15(23(2,20)21)10-13(11)16(17)18/h9-10,12H,3-8H2,1-2H3. The van der Waals surface area contributed by atoms with Crippen LogP contribution in [-0.2, 0) is 27.4 Å². The Morgan fingerprint density at radius 3 is 2.39 bits per heavy atom. The molecule has 1 saturated carbocycles. The van der Waals surface area contributed by atoms with Crippen LogP contribution in [0.25, 0.3) is 0 Å². The lowest BCUT2D eigenvalue weighted by atomic mass is 10.0. The maximum atomic E-state index is 12.9. The Morgan fingerprint density at radius 2 is 1.91 bits per heavy atom. The van der Waals surface area contributed by atoms with Crippen molar-refractivity contribution in [2.24, 2.45) is 0 Å². The molecule has 7 heteroatoms. The second kappa shape index (κ2) is 7.55. The molecule has 1 aromatic rings. The number of aryl methyl sites for hydroxylation is 1. The molecule has 4 nitrogen and oxygen atoms in total.